The SMILES string of the molecule is [CH]1CCCC2CCC1C2. The summed E-state index contributed by atoms with van der Waals surface area (Å²) in [5.41, 5.74) is 0. The van der Waals surface area contributed by atoms with Crippen LogP contribution in [-0.4, -0.2) is 0 Å². The van der Waals surface area contributed by atoms with Crippen molar-refractivity contribution in [1.29, 1.82) is 0 Å². The molecule has 0 aromatic heterocycles. The lowest BCUT2D eigenvalue weighted by Crippen LogP contribution is -1.91. The predicted molar refractivity (Wildman–Crippen MR) is 39.0 cm³/mol. The van der Waals surface area contributed by atoms with Gasteiger partial charge < -0.3 is 0 Å². The van der Waals surface area contributed by atoms with E-state index < -0.39 is 0 Å². The fraction of sp³-hybridized carbons (Fsp3) is 0.889. The zero-order valence-electron chi connectivity index (χ0n) is 5.97. The molecule has 0 aliphatic heterocycles. The largest absolute Gasteiger partial charge is 0.0528 e. The van der Waals surface area contributed by atoms with Crippen LogP contribution in [0.15, 0.2) is 0 Å². The Bertz CT molecular complexity index is 84.2. The third-order valence-corrected chi connectivity index (χ3v) is 2.90. The van der Waals surface area contributed by atoms with Gasteiger partial charge in [0.05, 0.1) is 0 Å². The lowest BCUT2D eigenvalue weighted by molar-refractivity contribution is 0.495. The van der Waals surface area contributed by atoms with E-state index in [-0.39, 0.29) is 0 Å². The van der Waals surface area contributed by atoms with Crippen LogP contribution in [0.2, 0.25) is 0 Å². The monoisotopic (exact) mass is 123 g/mol. The molecule has 0 heterocycles. The highest BCUT2D eigenvalue weighted by Gasteiger charge is 2.26. The first kappa shape index (κ1) is 5.76. The van der Waals surface area contributed by atoms with Gasteiger partial charge in [-0.05, 0) is 37.5 Å². The second kappa shape index (κ2) is 2.32. The lowest BCUT2D eigenvalue weighted by Gasteiger charge is -2.05. The predicted octanol–water partition coefficient (Wildman–Crippen LogP) is 2.79. The Kier molecular flexibility index (Phi) is 1.48. The van der Waals surface area contributed by atoms with E-state index in [9.17, 15) is 0 Å². The summed E-state index contributed by atoms with van der Waals surface area (Å²) in [6.45, 7) is 0. The fourth-order valence-corrected chi connectivity index (χ4v) is 2.35. The molecule has 2 aliphatic carbocycles. The number of hydrogen-bond donors (Lipinski definition) is 0. The molecule has 2 bridgehead atoms. The molecule has 0 N–H and O–H groups in total. The third-order valence-electron chi connectivity index (χ3n) is 2.90. The standard InChI is InChI=1S/C9H15/c1-2-4-9-6-5-8(3-1)7-9/h3,8-9H,1-2,4-7H2. The Morgan fingerprint density at radius 1 is 1.11 bits per heavy atom. The summed E-state index contributed by atoms with van der Waals surface area (Å²) in [6, 6.07) is 0. The average molecular weight is 123 g/mol. The topological polar surface area (TPSA) is 0 Å². The van der Waals surface area contributed by atoms with Crippen LogP contribution >= 0.6 is 0 Å². The molecule has 0 amide bonds. The maximum Gasteiger partial charge on any atom is -0.0355 e. The van der Waals surface area contributed by atoms with Gasteiger partial charge in [-0.25, -0.2) is 0 Å². The van der Waals surface area contributed by atoms with E-state index >= 15 is 0 Å². The zero-order valence-corrected chi connectivity index (χ0v) is 5.97. The lowest BCUT2D eigenvalue weighted by atomic mass is 10.0. The molecule has 0 spiro atoms. The maximum absolute atomic E-state index is 2.56. The number of hydrogen-bond acceptors (Lipinski definition) is 0. The van der Waals surface area contributed by atoms with E-state index in [1.54, 1.807) is 0 Å². The summed E-state index contributed by atoms with van der Waals surface area (Å²) in [7, 11) is 0. The van der Waals surface area contributed by atoms with E-state index in [1.165, 1.54) is 38.5 Å². The van der Waals surface area contributed by atoms with Crippen molar-refractivity contribution in [3.05, 3.63) is 6.42 Å². The summed E-state index contributed by atoms with van der Waals surface area (Å²) in [4.78, 5) is 0. The second-order valence-electron chi connectivity index (χ2n) is 3.61. The molecule has 51 valence electrons. The summed E-state index contributed by atoms with van der Waals surface area (Å²) >= 11 is 0. The van der Waals surface area contributed by atoms with Crippen molar-refractivity contribution in [2.45, 2.75) is 38.5 Å². The number of rotatable bonds is 0. The van der Waals surface area contributed by atoms with Crippen LogP contribution in [0.25, 0.3) is 0 Å². The van der Waals surface area contributed by atoms with Gasteiger partial charge in [0, 0.05) is 0 Å². The van der Waals surface area contributed by atoms with Gasteiger partial charge in [0.2, 0.25) is 0 Å². The van der Waals surface area contributed by atoms with Crippen molar-refractivity contribution in [1.82, 2.24) is 0 Å². The second-order valence-corrected chi connectivity index (χ2v) is 3.61. The summed E-state index contributed by atoms with van der Waals surface area (Å²) < 4.78 is 0. The molecule has 9 heavy (non-hydrogen) atoms. The van der Waals surface area contributed by atoms with Gasteiger partial charge in [-0.3, -0.25) is 0 Å². The summed E-state index contributed by atoms with van der Waals surface area (Å²) in [5, 5.41) is 0. The van der Waals surface area contributed by atoms with Crippen molar-refractivity contribution >= 4 is 0 Å². The molecule has 0 nitrogen and oxygen atoms in total. The van der Waals surface area contributed by atoms with Gasteiger partial charge in [0.25, 0.3) is 0 Å². The third kappa shape index (κ3) is 1.12. The first-order valence-corrected chi connectivity index (χ1v) is 4.28. The van der Waals surface area contributed by atoms with Crippen LogP contribution in [0.4, 0.5) is 0 Å². The molecule has 2 unspecified atom stereocenters. The van der Waals surface area contributed by atoms with Gasteiger partial charge >= 0.3 is 0 Å². The first-order valence-electron chi connectivity index (χ1n) is 4.28. The van der Waals surface area contributed by atoms with E-state index in [2.05, 4.69) is 6.42 Å². The molecule has 0 aromatic rings. The molecule has 2 atom stereocenters. The molecule has 2 rings (SSSR count). The maximum atomic E-state index is 2.56. The average Bonchev–Trinajstić information content (AvgIpc) is 2.09. The van der Waals surface area contributed by atoms with Gasteiger partial charge in [-0.1, -0.05) is 19.3 Å². The Morgan fingerprint density at radius 2 is 2.11 bits per heavy atom. The smallest absolute Gasteiger partial charge is 0.0355 e. The zero-order chi connectivity index (χ0) is 6.10. The van der Waals surface area contributed by atoms with E-state index in [1.807, 2.05) is 0 Å². The molecule has 0 saturated heterocycles. The van der Waals surface area contributed by atoms with E-state index in [0.717, 1.165) is 11.8 Å². The van der Waals surface area contributed by atoms with Crippen LogP contribution in [0.3, 0.4) is 0 Å². The van der Waals surface area contributed by atoms with Gasteiger partial charge in [-0.2, -0.15) is 0 Å². The van der Waals surface area contributed by atoms with Crippen molar-refractivity contribution in [3.63, 3.8) is 0 Å². The van der Waals surface area contributed by atoms with Crippen LogP contribution in [0, 0.1) is 18.3 Å². The normalized spacial score (nSPS) is 42.7. The Balaban J connectivity index is 1.99. The first-order chi connectivity index (χ1) is 4.45. The Labute approximate surface area is 57.6 Å². The highest BCUT2D eigenvalue weighted by molar-refractivity contribution is 4.88. The highest BCUT2D eigenvalue weighted by atomic mass is 14.3. The molecule has 0 heteroatoms. The van der Waals surface area contributed by atoms with Crippen molar-refractivity contribution in [2.75, 3.05) is 0 Å². The van der Waals surface area contributed by atoms with Crippen LogP contribution in [0.5, 0.6) is 0 Å². The minimum absolute atomic E-state index is 1.03. The van der Waals surface area contributed by atoms with Crippen molar-refractivity contribution in [2.24, 2.45) is 11.8 Å². The van der Waals surface area contributed by atoms with E-state index in [4.69, 9.17) is 0 Å². The van der Waals surface area contributed by atoms with Gasteiger partial charge in [0.15, 0.2) is 0 Å². The van der Waals surface area contributed by atoms with Gasteiger partial charge in [-0.15, -0.1) is 0 Å². The molecule has 2 fully saturated rings. The molecule has 1 radical (unpaired) electrons. The summed E-state index contributed by atoms with van der Waals surface area (Å²) in [5.74, 6) is 2.14. The molecule has 2 aliphatic rings. The molecule has 0 aromatic carbocycles. The van der Waals surface area contributed by atoms with Crippen LogP contribution in [-0.2, 0) is 0 Å². The van der Waals surface area contributed by atoms with Crippen molar-refractivity contribution in [3.8, 4) is 0 Å². The Morgan fingerprint density at radius 3 is 3.11 bits per heavy atom. The van der Waals surface area contributed by atoms with Crippen molar-refractivity contribution < 1.29 is 0 Å². The molecular weight excluding hydrogens is 108 g/mol. The van der Waals surface area contributed by atoms with Crippen LogP contribution < -0.4 is 0 Å². The fourth-order valence-electron chi connectivity index (χ4n) is 2.35. The Hall–Kier alpha value is 0. The minimum Gasteiger partial charge on any atom is -0.0528 e. The number of fused-ring (bicyclic) bond motifs is 2. The minimum atomic E-state index is 1.03. The molecule has 2 saturated carbocycles. The highest BCUT2D eigenvalue weighted by Crippen LogP contribution is 2.39. The summed E-state index contributed by atoms with van der Waals surface area (Å²) in [6.07, 6.45) is 11.5. The quantitative estimate of drug-likeness (QED) is 0.464. The molecular formula is C9H15. The van der Waals surface area contributed by atoms with Gasteiger partial charge in [0.1, 0.15) is 0 Å². The van der Waals surface area contributed by atoms with Crippen LogP contribution in [0.1, 0.15) is 38.5 Å². The van der Waals surface area contributed by atoms with E-state index in [0.29, 0.717) is 0 Å².